The van der Waals surface area contributed by atoms with Gasteiger partial charge in [0.1, 0.15) is 11.8 Å². The summed E-state index contributed by atoms with van der Waals surface area (Å²) in [4.78, 5) is 13.9. The van der Waals surface area contributed by atoms with Gasteiger partial charge in [-0.15, -0.1) is 12.4 Å². The van der Waals surface area contributed by atoms with E-state index in [0.717, 1.165) is 17.7 Å². The number of amides is 1. The Morgan fingerprint density at radius 3 is 2.38 bits per heavy atom. The van der Waals surface area contributed by atoms with E-state index in [2.05, 4.69) is 0 Å². The minimum atomic E-state index is -4.74. The lowest BCUT2D eigenvalue weighted by molar-refractivity contribution is -0.153. The molecule has 0 saturated heterocycles. The molecule has 0 bridgehead atoms. The highest BCUT2D eigenvalue weighted by molar-refractivity contribution is 7.88. The number of ether oxygens (including phenoxy) is 1. The second-order valence-corrected chi connectivity index (χ2v) is 9.15. The summed E-state index contributed by atoms with van der Waals surface area (Å²) in [6.45, 7) is 0.520. The van der Waals surface area contributed by atoms with Gasteiger partial charge in [-0.05, 0) is 42.5 Å². The molecule has 2 aromatic carbocycles. The van der Waals surface area contributed by atoms with Crippen LogP contribution in [0.5, 0.6) is 5.75 Å². The predicted octanol–water partition coefficient (Wildman–Crippen LogP) is 4.01. The maximum absolute atomic E-state index is 13.2. The molecular weight excluding hydrogens is 469 g/mol. The van der Waals surface area contributed by atoms with Gasteiger partial charge in [0.05, 0.1) is 11.9 Å². The summed E-state index contributed by atoms with van der Waals surface area (Å²) in [5, 5.41) is 0. The molecule has 0 fully saturated rings. The molecule has 0 aromatic heterocycles. The number of nitrogens with zero attached hydrogens (tertiary/aromatic N) is 1. The molecule has 1 aliphatic rings. The number of fused-ring (bicyclic) bond motifs is 1. The number of hydrogen-bond donors (Lipinski definition) is 1. The zero-order valence-corrected chi connectivity index (χ0v) is 18.9. The number of carbonyl (C=O) groups excluding carboxylic acids is 1. The fourth-order valence-corrected chi connectivity index (χ4v) is 4.11. The lowest BCUT2D eigenvalue weighted by Crippen LogP contribution is -2.39. The zero-order chi connectivity index (χ0) is 22.6. The minimum Gasteiger partial charge on any atom is -0.482 e. The number of halogens is 4. The lowest BCUT2D eigenvalue weighted by atomic mass is 10.0. The molecule has 0 unspecified atom stereocenters. The van der Waals surface area contributed by atoms with Crippen LogP contribution >= 0.6 is 12.4 Å². The molecule has 0 saturated carbocycles. The summed E-state index contributed by atoms with van der Waals surface area (Å²) in [5.41, 5.74) is 1.40. The summed E-state index contributed by atoms with van der Waals surface area (Å²) >= 11 is 0. The second-order valence-electron chi connectivity index (χ2n) is 7.37. The highest BCUT2D eigenvalue weighted by atomic mass is 35.5. The quantitative estimate of drug-likeness (QED) is 0.565. The molecule has 1 aliphatic heterocycles. The number of carbonyl (C=O) groups is 1. The molecular formula is C21H24ClF3N2O4S. The number of unbranched alkanes of at least 4 members (excludes halogenated alkanes) is 1. The van der Waals surface area contributed by atoms with Gasteiger partial charge in [-0.1, -0.05) is 36.4 Å². The van der Waals surface area contributed by atoms with Crippen molar-refractivity contribution >= 4 is 34.0 Å². The van der Waals surface area contributed by atoms with Crippen molar-refractivity contribution in [2.24, 2.45) is 0 Å². The van der Waals surface area contributed by atoms with E-state index in [1.165, 1.54) is 12.1 Å². The largest absolute Gasteiger partial charge is 0.482 e. The highest BCUT2D eigenvalue weighted by Gasteiger charge is 2.42. The second kappa shape index (κ2) is 10.5. The van der Waals surface area contributed by atoms with Crippen LogP contribution in [0.15, 0.2) is 48.5 Å². The Morgan fingerprint density at radius 1 is 1.09 bits per heavy atom. The van der Waals surface area contributed by atoms with Crippen molar-refractivity contribution in [2.45, 2.75) is 31.5 Å². The van der Waals surface area contributed by atoms with Gasteiger partial charge < -0.3 is 9.64 Å². The normalized spacial score (nSPS) is 14.9. The third kappa shape index (κ3) is 6.85. The maximum Gasteiger partial charge on any atom is 0.408 e. The van der Waals surface area contributed by atoms with Crippen LogP contribution in [-0.2, 0) is 21.2 Å². The van der Waals surface area contributed by atoms with E-state index in [9.17, 15) is 26.4 Å². The number of nitrogens with one attached hydrogen (secondary N) is 1. The Balaban J connectivity index is 0.00000363. The number of benzene rings is 2. The Hall–Kier alpha value is -2.30. The van der Waals surface area contributed by atoms with Crippen LogP contribution in [-0.4, -0.2) is 39.9 Å². The molecule has 2 aromatic rings. The van der Waals surface area contributed by atoms with Crippen LogP contribution in [0.1, 0.15) is 30.0 Å². The Bertz CT molecular complexity index is 1030. The SMILES string of the molecule is CS(=O)(=O)N[C@@H](c1ccc(CCCCN2C(=O)COc3ccccc32)cc1)C(F)(F)F.Cl. The molecule has 1 amide bonds. The number of hydrogen-bond acceptors (Lipinski definition) is 4. The number of rotatable bonds is 8. The van der Waals surface area contributed by atoms with Crippen molar-refractivity contribution in [3.8, 4) is 5.75 Å². The fraction of sp³-hybridized carbons (Fsp3) is 0.381. The van der Waals surface area contributed by atoms with E-state index in [1.54, 1.807) is 21.8 Å². The molecule has 6 nitrogen and oxygen atoms in total. The number of alkyl halides is 3. The minimum absolute atomic E-state index is 0. The molecule has 1 heterocycles. The summed E-state index contributed by atoms with van der Waals surface area (Å²) in [5.74, 6) is 0.555. The number of para-hydroxylation sites is 2. The first-order valence-corrected chi connectivity index (χ1v) is 11.6. The van der Waals surface area contributed by atoms with Gasteiger partial charge in [0.15, 0.2) is 6.61 Å². The number of anilines is 1. The van der Waals surface area contributed by atoms with Crippen LogP contribution in [0.2, 0.25) is 0 Å². The van der Waals surface area contributed by atoms with Gasteiger partial charge in [-0.25, -0.2) is 8.42 Å². The van der Waals surface area contributed by atoms with Gasteiger partial charge >= 0.3 is 6.18 Å². The smallest absolute Gasteiger partial charge is 0.408 e. The highest BCUT2D eigenvalue weighted by Crippen LogP contribution is 2.34. The maximum atomic E-state index is 13.2. The molecule has 176 valence electrons. The van der Waals surface area contributed by atoms with E-state index in [-0.39, 0.29) is 30.5 Å². The molecule has 11 heteroatoms. The van der Waals surface area contributed by atoms with Gasteiger partial charge in [0.2, 0.25) is 10.0 Å². The van der Waals surface area contributed by atoms with Gasteiger partial charge in [0, 0.05) is 6.54 Å². The zero-order valence-electron chi connectivity index (χ0n) is 17.3. The topological polar surface area (TPSA) is 75.7 Å². The monoisotopic (exact) mass is 492 g/mol. The van der Waals surface area contributed by atoms with Crippen molar-refractivity contribution in [2.75, 3.05) is 24.3 Å². The third-order valence-corrected chi connectivity index (χ3v) is 5.54. The van der Waals surface area contributed by atoms with Crippen molar-refractivity contribution in [3.05, 3.63) is 59.7 Å². The van der Waals surface area contributed by atoms with Crippen LogP contribution in [0, 0.1) is 0 Å². The molecule has 3 rings (SSSR count). The lowest BCUT2D eigenvalue weighted by Gasteiger charge is -2.29. The fourth-order valence-electron chi connectivity index (χ4n) is 3.41. The summed E-state index contributed by atoms with van der Waals surface area (Å²) in [7, 11) is -4.03. The van der Waals surface area contributed by atoms with Crippen LogP contribution in [0.4, 0.5) is 18.9 Å². The van der Waals surface area contributed by atoms with Gasteiger partial charge in [0.25, 0.3) is 5.91 Å². The van der Waals surface area contributed by atoms with E-state index in [1.807, 2.05) is 24.3 Å². The summed E-state index contributed by atoms with van der Waals surface area (Å²) < 4.78 is 69.3. The third-order valence-electron chi connectivity index (χ3n) is 4.88. The number of aryl methyl sites for hydroxylation is 1. The Kier molecular flexibility index (Phi) is 8.55. The summed E-state index contributed by atoms with van der Waals surface area (Å²) in [6, 6.07) is 10.7. The van der Waals surface area contributed by atoms with Crippen molar-refractivity contribution in [1.82, 2.24) is 4.72 Å². The first-order valence-electron chi connectivity index (χ1n) is 9.69. The first kappa shape index (κ1) is 26.0. The van der Waals surface area contributed by atoms with Crippen molar-refractivity contribution < 1.29 is 31.1 Å². The van der Waals surface area contributed by atoms with E-state index in [0.29, 0.717) is 31.4 Å². The predicted molar refractivity (Wildman–Crippen MR) is 118 cm³/mol. The number of sulfonamides is 1. The average Bonchev–Trinajstić information content (AvgIpc) is 2.70. The van der Waals surface area contributed by atoms with Gasteiger partial charge in [-0.2, -0.15) is 17.9 Å². The molecule has 1 atom stereocenters. The van der Waals surface area contributed by atoms with Crippen LogP contribution in [0.25, 0.3) is 0 Å². The van der Waals surface area contributed by atoms with E-state index in [4.69, 9.17) is 4.74 Å². The van der Waals surface area contributed by atoms with Crippen LogP contribution < -0.4 is 14.4 Å². The molecule has 0 spiro atoms. The Labute approximate surface area is 191 Å². The van der Waals surface area contributed by atoms with Crippen molar-refractivity contribution in [1.29, 1.82) is 0 Å². The summed E-state index contributed by atoms with van der Waals surface area (Å²) in [6.07, 6.45) is -1.99. The first-order chi connectivity index (χ1) is 14.5. The van der Waals surface area contributed by atoms with Crippen molar-refractivity contribution in [3.63, 3.8) is 0 Å². The average molecular weight is 493 g/mol. The van der Waals surface area contributed by atoms with Crippen LogP contribution in [0.3, 0.4) is 0 Å². The molecule has 1 N–H and O–H groups in total. The molecule has 32 heavy (non-hydrogen) atoms. The van der Waals surface area contributed by atoms with E-state index >= 15 is 0 Å². The standard InChI is InChI=1S/C21H23F3N2O4S.ClH/c1-31(28,29)25-20(21(22,23)24)16-11-9-15(10-12-16)6-4-5-13-26-17-7-2-3-8-18(17)30-14-19(26)27;/h2-3,7-12,20,25H,4-6,13-14H2,1H3;1H/t20-;/m0./s1. The Morgan fingerprint density at radius 2 is 1.75 bits per heavy atom. The van der Waals surface area contributed by atoms with Gasteiger partial charge in [-0.3, -0.25) is 4.79 Å². The molecule has 0 radical (unpaired) electrons. The molecule has 0 aliphatic carbocycles. The van der Waals surface area contributed by atoms with E-state index < -0.39 is 22.2 Å².